The number of hydrogen-bond donors (Lipinski definition) is 2. The first-order valence-electron chi connectivity index (χ1n) is 5.47. The van der Waals surface area contributed by atoms with Crippen LogP contribution in [0.2, 0.25) is 0 Å². The van der Waals surface area contributed by atoms with Crippen molar-refractivity contribution in [3.05, 3.63) is 29.8 Å². The Hall–Kier alpha value is -1.55. The van der Waals surface area contributed by atoms with Gasteiger partial charge in [0.2, 0.25) is 0 Å². The molecule has 3 N–H and O–H groups in total. The van der Waals surface area contributed by atoms with E-state index < -0.39 is 5.91 Å². The van der Waals surface area contributed by atoms with E-state index in [1.54, 1.807) is 0 Å². The first-order valence-corrected chi connectivity index (χ1v) is 5.47. The predicted molar refractivity (Wildman–Crippen MR) is 61.0 cm³/mol. The second kappa shape index (κ2) is 4.99. The van der Waals surface area contributed by atoms with Crippen LogP contribution in [0.15, 0.2) is 24.3 Å². The molecule has 4 heteroatoms. The van der Waals surface area contributed by atoms with Crippen LogP contribution < -0.4 is 15.8 Å². The van der Waals surface area contributed by atoms with Crippen LogP contribution in [0.5, 0.6) is 5.75 Å². The van der Waals surface area contributed by atoms with Gasteiger partial charge < -0.3 is 15.8 Å². The molecule has 0 spiro atoms. The Kier molecular flexibility index (Phi) is 3.41. The molecule has 1 saturated carbocycles. The number of amides is 1. The maximum atomic E-state index is 10.5. The number of ether oxygens (including phenoxy) is 1. The Morgan fingerprint density at radius 3 is 2.62 bits per heavy atom. The number of nitrogens with one attached hydrogen (secondary N) is 1. The van der Waals surface area contributed by atoms with Gasteiger partial charge in [0.05, 0.1) is 0 Å². The molecule has 4 nitrogen and oxygen atoms in total. The summed E-state index contributed by atoms with van der Waals surface area (Å²) in [5, 5.41) is 3.43. The molecule has 0 aliphatic heterocycles. The highest BCUT2D eigenvalue weighted by Gasteiger charge is 2.19. The van der Waals surface area contributed by atoms with Crippen molar-refractivity contribution in [2.24, 2.45) is 5.73 Å². The van der Waals surface area contributed by atoms with Gasteiger partial charge in [-0.3, -0.25) is 4.79 Å². The minimum Gasteiger partial charge on any atom is -0.484 e. The van der Waals surface area contributed by atoms with Crippen molar-refractivity contribution < 1.29 is 9.53 Å². The normalized spacial score (nSPS) is 14.8. The largest absolute Gasteiger partial charge is 0.484 e. The standard InChI is InChI=1S/C12H16N2O2/c13-12(15)8-16-11-5-1-9(2-6-11)7-14-10-3-4-10/h1-2,5-6,10,14H,3-4,7-8H2,(H2,13,15). The average molecular weight is 220 g/mol. The van der Waals surface area contributed by atoms with Crippen molar-refractivity contribution in [3.8, 4) is 5.75 Å². The highest BCUT2D eigenvalue weighted by atomic mass is 16.5. The lowest BCUT2D eigenvalue weighted by atomic mass is 10.2. The molecule has 1 aliphatic carbocycles. The number of benzene rings is 1. The zero-order valence-corrected chi connectivity index (χ0v) is 9.11. The third-order valence-electron chi connectivity index (χ3n) is 2.48. The van der Waals surface area contributed by atoms with Crippen molar-refractivity contribution in [2.75, 3.05) is 6.61 Å². The molecular formula is C12H16N2O2. The number of hydrogen-bond acceptors (Lipinski definition) is 3. The summed E-state index contributed by atoms with van der Waals surface area (Å²) in [6, 6.07) is 8.41. The Labute approximate surface area is 94.8 Å². The molecular weight excluding hydrogens is 204 g/mol. The predicted octanol–water partition coefficient (Wildman–Crippen LogP) is 0.803. The van der Waals surface area contributed by atoms with Crippen LogP contribution in [0.3, 0.4) is 0 Å². The van der Waals surface area contributed by atoms with E-state index in [4.69, 9.17) is 10.5 Å². The van der Waals surface area contributed by atoms with Gasteiger partial charge >= 0.3 is 0 Å². The van der Waals surface area contributed by atoms with Gasteiger partial charge in [0, 0.05) is 12.6 Å². The lowest BCUT2D eigenvalue weighted by molar-refractivity contribution is -0.119. The number of carbonyl (C=O) groups is 1. The van der Waals surface area contributed by atoms with Gasteiger partial charge in [-0.15, -0.1) is 0 Å². The second-order valence-corrected chi connectivity index (χ2v) is 4.05. The maximum Gasteiger partial charge on any atom is 0.255 e. The highest BCUT2D eigenvalue weighted by molar-refractivity contribution is 5.75. The van der Waals surface area contributed by atoms with Gasteiger partial charge in [-0.1, -0.05) is 12.1 Å². The van der Waals surface area contributed by atoms with E-state index in [1.165, 1.54) is 18.4 Å². The Balaban J connectivity index is 1.80. The van der Waals surface area contributed by atoms with E-state index >= 15 is 0 Å². The van der Waals surface area contributed by atoms with Crippen LogP contribution in [0.4, 0.5) is 0 Å². The van der Waals surface area contributed by atoms with Crippen molar-refractivity contribution in [2.45, 2.75) is 25.4 Å². The molecule has 0 saturated heterocycles. The Morgan fingerprint density at radius 1 is 1.38 bits per heavy atom. The number of rotatable bonds is 6. The highest BCUT2D eigenvalue weighted by Crippen LogP contribution is 2.19. The van der Waals surface area contributed by atoms with E-state index in [0.29, 0.717) is 11.8 Å². The van der Waals surface area contributed by atoms with Crippen molar-refractivity contribution in [1.82, 2.24) is 5.32 Å². The third-order valence-corrected chi connectivity index (χ3v) is 2.48. The molecule has 1 amide bonds. The molecule has 1 aliphatic rings. The fraction of sp³-hybridized carbons (Fsp3) is 0.417. The molecule has 0 bridgehead atoms. The summed E-state index contributed by atoms with van der Waals surface area (Å²) < 4.78 is 5.17. The van der Waals surface area contributed by atoms with Crippen LogP contribution in [-0.2, 0) is 11.3 Å². The monoisotopic (exact) mass is 220 g/mol. The van der Waals surface area contributed by atoms with Crippen LogP contribution in [0.25, 0.3) is 0 Å². The van der Waals surface area contributed by atoms with Crippen molar-refractivity contribution in [1.29, 1.82) is 0 Å². The van der Waals surface area contributed by atoms with Crippen molar-refractivity contribution in [3.63, 3.8) is 0 Å². The molecule has 1 fully saturated rings. The lowest BCUT2D eigenvalue weighted by Crippen LogP contribution is -2.20. The zero-order chi connectivity index (χ0) is 11.4. The molecule has 0 unspecified atom stereocenters. The lowest BCUT2D eigenvalue weighted by Gasteiger charge is -2.06. The smallest absolute Gasteiger partial charge is 0.255 e. The fourth-order valence-electron chi connectivity index (χ4n) is 1.41. The molecule has 0 atom stereocenters. The minimum absolute atomic E-state index is 0.0698. The molecule has 1 aromatic rings. The van der Waals surface area contributed by atoms with Gasteiger partial charge in [-0.25, -0.2) is 0 Å². The van der Waals surface area contributed by atoms with Gasteiger partial charge in [0.1, 0.15) is 5.75 Å². The number of carbonyl (C=O) groups excluding carboxylic acids is 1. The molecule has 0 aromatic heterocycles. The Morgan fingerprint density at radius 2 is 2.06 bits per heavy atom. The molecule has 1 aromatic carbocycles. The molecule has 0 heterocycles. The van der Waals surface area contributed by atoms with Gasteiger partial charge in [-0.2, -0.15) is 0 Å². The molecule has 86 valence electrons. The van der Waals surface area contributed by atoms with Crippen molar-refractivity contribution >= 4 is 5.91 Å². The van der Waals surface area contributed by atoms with Gasteiger partial charge in [0.25, 0.3) is 5.91 Å². The van der Waals surface area contributed by atoms with Crippen LogP contribution >= 0.6 is 0 Å². The molecule has 0 radical (unpaired) electrons. The summed E-state index contributed by atoms with van der Waals surface area (Å²) in [6.45, 7) is 0.820. The second-order valence-electron chi connectivity index (χ2n) is 4.05. The SMILES string of the molecule is NC(=O)COc1ccc(CNC2CC2)cc1. The van der Waals surface area contributed by atoms with Crippen LogP contribution in [0, 0.1) is 0 Å². The summed E-state index contributed by atoms with van der Waals surface area (Å²) in [7, 11) is 0. The summed E-state index contributed by atoms with van der Waals surface area (Å²) in [5.41, 5.74) is 6.20. The number of nitrogens with two attached hydrogens (primary N) is 1. The third kappa shape index (κ3) is 3.55. The van der Waals surface area contributed by atoms with E-state index in [0.717, 1.165) is 6.54 Å². The summed E-state index contributed by atoms with van der Waals surface area (Å²) >= 11 is 0. The molecule has 2 rings (SSSR count). The van der Waals surface area contributed by atoms with Crippen LogP contribution in [-0.4, -0.2) is 18.6 Å². The van der Waals surface area contributed by atoms with Gasteiger partial charge in [0.15, 0.2) is 6.61 Å². The summed E-state index contributed by atoms with van der Waals surface area (Å²) in [4.78, 5) is 10.5. The molecule has 16 heavy (non-hydrogen) atoms. The van der Waals surface area contributed by atoms with Crippen LogP contribution in [0.1, 0.15) is 18.4 Å². The number of primary amides is 1. The van der Waals surface area contributed by atoms with Gasteiger partial charge in [-0.05, 0) is 30.5 Å². The van der Waals surface area contributed by atoms with E-state index in [1.807, 2.05) is 24.3 Å². The van der Waals surface area contributed by atoms with E-state index in [9.17, 15) is 4.79 Å². The first-order chi connectivity index (χ1) is 7.74. The minimum atomic E-state index is -0.459. The maximum absolute atomic E-state index is 10.5. The Bertz CT molecular complexity index is 358. The van der Waals surface area contributed by atoms with E-state index in [2.05, 4.69) is 5.32 Å². The average Bonchev–Trinajstić information content (AvgIpc) is 3.09. The quantitative estimate of drug-likeness (QED) is 0.745. The summed E-state index contributed by atoms with van der Waals surface area (Å²) in [5.74, 6) is 0.216. The van der Waals surface area contributed by atoms with E-state index in [-0.39, 0.29) is 6.61 Å². The summed E-state index contributed by atoms with van der Waals surface area (Å²) in [6.07, 6.45) is 2.58. The first kappa shape index (κ1) is 11.0. The zero-order valence-electron chi connectivity index (χ0n) is 9.11. The fourth-order valence-corrected chi connectivity index (χ4v) is 1.41. The topological polar surface area (TPSA) is 64.4 Å².